The zero-order valence-electron chi connectivity index (χ0n) is 20.9. The van der Waals surface area contributed by atoms with Gasteiger partial charge in [-0.1, -0.05) is 92.8 Å². The van der Waals surface area contributed by atoms with Gasteiger partial charge in [-0.2, -0.15) is 0 Å². The van der Waals surface area contributed by atoms with E-state index in [0.717, 1.165) is 65.6 Å². The van der Waals surface area contributed by atoms with Crippen LogP contribution in [0.15, 0.2) is 67.0 Å². The Balaban J connectivity index is 1.64. The van der Waals surface area contributed by atoms with Crippen LogP contribution in [-0.2, 0) is 6.54 Å². The van der Waals surface area contributed by atoms with Crippen molar-refractivity contribution in [3.05, 3.63) is 72.5 Å². The summed E-state index contributed by atoms with van der Waals surface area (Å²) < 4.78 is 4.35. The molecule has 0 saturated heterocycles. The lowest BCUT2D eigenvalue weighted by atomic mass is 9.89. The predicted octanol–water partition coefficient (Wildman–Crippen LogP) is 6.71. The number of fused-ring (bicyclic) bond motifs is 1. The maximum Gasteiger partial charge on any atom is 0.146 e. The first-order valence-electron chi connectivity index (χ1n) is 13.7. The van der Waals surface area contributed by atoms with E-state index in [1.165, 1.54) is 32.1 Å². The van der Waals surface area contributed by atoms with Crippen LogP contribution in [0.2, 0.25) is 0 Å². The number of hydrogen-bond acceptors (Lipinski definition) is 3. The number of aromatic nitrogens is 3. The van der Waals surface area contributed by atoms with E-state index in [1.807, 2.05) is 17.0 Å². The fraction of sp³-hybridized carbons (Fsp3) is 0.419. The average molecular weight is 481 g/mol. The van der Waals surface area contributed by atoms with Crippen LogP contribution in [0, 0.1) is 11.3 Å². The van der Waals surface area contributed by atoms with Gasteiger partial charge in [-0.25, -0.2) is 4.98 Å². The molecular weight excluding hydrogens is 444 g/mol. The van der Waals surface area contributed by atoms with E-state index in [0.29, 0.717) is 11.4 Å². The molecule has 0 spiro atoms. The van der Waals surface area contributed by atoms with Crippen LogP contribution in [-0.4, -0.2) is 25.3 Å². The van der Waals surface area contributed by atoms with Crippen molar-refractivity contribution in [1.29, 1.82) is 5.41 Å². The Labute approximate surface area is 213 Å². The molecule has 1 unspecified atom stereocenters. The number of hydrogen-bond donors (Lipinski definition) is 2. The van der Waals surface area contributed by atoms with E-state index >= 15 is 0 Å². The predicted molar refractivity (Wildman–Crippen MR) is 145 cm³/mol. The third-order valence-electron chi connectivity index (χ3n) is 8.36. The highest BCUT2D eigenvalue weighted by atomic mass is 16.3. The van der Waals surface area contributed by atoms with Gasteiger partial charge in [-0.15, -0.1) is 0 Å². The monoisotopic (exact) mass is 480 g/mol. The Morgan fingerprint density at radius 1 is 0.806 bits per heavy atom. The number of benzene rings is 2. The minimum atomic E-state index is -0.426. The summed E-state index contributed by atoms with van der Waals surface area (Å²) in [6, 6.07) is 21.0. The number of nitrogens with zero attached hydrogens (tertiary/aromatic N) is 3. The highest BCUT2D eigenvalue weighted by molar-refractivity contribution is 6.02. The third-order valence-corrected chi connectivity index (χ3v) is 8.36. The average Bonchev–Trinajstić information content (AvgIpc) is 3.26. The molecule has 0 amide bonds. The van der Waals surface area contributed by atoms with Gasteiger partial charge in [0.2, 0.25) is 0 Å². The second-order valence-corrected chi connectivity index (χ2v) is 10.7. The molecule has 2 heterocycles. The van der Waals surface area contributed by atoms with Crippen LogP contribution < -0.4 is 5.49 Å². The molecule has 2 saturated carbocycles. The molecular formula is C31H36N4O. The van der Waals surface area contributed by atoms with Crippen molar-refractivity contribution in [2.24, 2.45) is 5.92 Å². The quantitative estimate of drug-likeness (QED) is 0.333. The van der Waals surface area contributed by atoms with Gasteiger partial charge in [0.15, 0.2) is 0 Å². The van der Waals surface area contributed by atoms with Gasteiger partial charge in [0.05, 0.1) is 29.6 Å². The lowest BCUT2D eigenvalue weighted by Crippen LogP contribution is -2.35. The van der Waals surface area contributed by atoms with Crippen molar-refractivity contribution in [1.82, 2.24) is 14.1 Å². The molecule has 5 nitrogen and oxygen atoms in total. The summed E-state index contributed by atoms with van der Waals surface area (Å²) in [5.41, 5.74) is 5.87. The lowest BCUT2D eigenvalue weighted by Gasteiger charge is -2.29. The summed E-state index contributed by atoms with van der Waals surface area (Å²) in [4.78, 5) is 5.04. The molecule has 2 aromatic carbocycles. The van der Waals surface area contributed by atoms with Gasteiger partial charge in [-0.3, -0.25) is 5.41 Å². The summed E-state index contributed by atoms with van der Waals surface area (Å²) in [5, 5.41) is 21.2. The molecule has 0 aliphatic heterocycles. The van der Waals surface area contributed by atoms with Gasteiger partial charge in [0.25, 0.3) is 0 Å². The van der Waals surface area contributed by atoms with E-state index in [9.17, 15) is 10.5 Å². The van der Waals surface area contributed by atoms with Crippen LogP contribution in [0.1, 0.15) is 63.8 Å². The van der Waals surface area contributed by atoms with Gasteiger partial charge in [0.1, 0.15) is 11.1 Å². The summed E-state index contributed by atoms with van der Waals surface area (Å²) in [7, 11) is 0. The molecule has 36 heavy (non-hydrogen) atoms. The van der Waals surface area contributed by atoms with Gasteiger partial charge in [0, 0.05) is 12.1 Å². The molecule has 186 valence electrons. The van der Waals surface area contributed by atoms with E-state index in [2.05, 4.69) is 59.2 Å². The molecule has 2 atom stereocenters. The van der Waals surface area contributed by atoms with Crippen molar-refractivity contribution < 1.29 is 5.11 Å². The first kappa shape index (κ1) is 23.2. The van der Waals surface area contributed by atoms with Crippen LogP contribution in [0.4, 0.5) is 0 Å². The Kier molecular flexibility index (Phi) is 6.49. The van der Waals surface area contributed by atoms with Crippen molar-refractivity contribution in [3.63, 3.8) is 0 Å². The van der Waals surface area contributed by atoms with E-state index in [-0.39, 0.29) is 6.04 Å². The topological polar surface area (TPSA) is 66.8 Å². The minimum absolute atomic E-state index is 0.0892. The number of nitrogens with one attached hydrogen (secondary N) is 1. The first-order chi connectivity index (χ1) is 17.7. The van der Waals surface area contributed by atoms with Gasteiger partial charge in [-0.05, 0) is 42.7 Å². The van der Waals surface area contributed by atoms with E-state index < -0.39 is 6.10 Å². The fourth-order valence-electron chi connectivity index (χ4n) is 6.52. The molecule has 0 bridgehead atoms. The van der Waals surface area contributed by atoms with Crippen molar-refractivity contribution in [2.45, 2.75) is 76.5 Å². The Morgan fingerprint density at radius 3 is 2.14 bits per heavy atom. The van der Waals surface area contributed by atoms with Crippen LogP contribution in [0.3, 0.4) is 0 Å². The molecule has 2 aromatic heterocycles. The van der Waals surface area contributed by atoms with Crippen molar-refractivity contribution in [3.8, 4) is 22.4 Å². The third kappa shape index (κ3) is 4.20. The van der Waals surface area contributed by atoms with Crippen molar-refractivity contribution in [2.75, 3.05) is 0 Å². The minimum Gasteiger partial charge on any atom is -0.391 e. The summed E-state index contributed by atoms with van der Waals surface area (Å²) in [5.74, 6) is 0.629. The van der Waals surface area contributed by atoms with Gasteiger partial charge < -0.3 is 14.2 Å². The van der Waals surface area contributed by atoms with Crippen LogP contribution in [0.5, 0.6) is 0 Å². The first-order valence-corrected chi connectivity index (χ1v) is 13.7. The summed E-state index contributed by atoms with van der Waals surface area (Å²) >= 11 is 0. The highest BCUT2D eigenvalue weighted by Gasteiger charge is 2.29. The maximum atomic E-state index is 10.8. The lowest BCUT2D eigenvalue weighted by molar-refractivity contribution is 0.0729. The molecule has 4 aromatic rings. The summed E-state index contributed by atoms with van der Waals surface area (Å²) in [6.07, 6.45) is 11.6. The largest absolute Gasteiger partial charge is 0.391 e. The number of aliphatic hydroxyl groups excluding tert-OH is 1. The van der Waals surface area contributed by atoms with Crippen LogP contribution in [0.25, 0.3) is 33.4 Å². The maximum absolute atomic E-state index is 10.8. The molecule has 5 heteroatoms. The Morgan fingerprint density at radius 2 is 1.44 bits per heavy atom. The fourth-order valence-corrected chi connectivity index (χ4v) is 6.52. The van der Waals surface area contributed by atoms with E-state index in [1.54, 1.807) is 0 Å². The molecule has 0 radical (unpaired) electrons. The van der Waals surface area contributed by atoms with Gasteiger partial charge >= 0.3 is 0 Å². The second kappa shape index (κ2) is 10.1. The summed E-state index contributed by atoms with van der Waals surface area (Å²) in [6.45, 7) is 0.927. The number of rotatable bonds is 5. The molecule has 2 aliphatic rings. The van der Waals surface area contributed by atoms with E-state index in [4.69, 9.17) is 4.98 Å². The Hall–Kier alpha value is -3.18. The van der Waals surface area contributed by atoms with Crippen molar-refractivity contribution >= 4 is 11.0 Å². The molecule has 2 fully saturated rings. The molecule has 6 rings (SSSR count). The highest BCUT2D eigenvalue weighted by Crippen LogP contribution is 2.41. The second-order valence-electron chi connectivity index (χ2n) is 10.7. The standard InChI is InChI=1S/C31H36N4O/c32-30-28-27(23-14-6-2-7-15-23)29(24-16-8-3-9-17-24)34(20-22-12-4-1-5-13-22)31(28)33-21-35(30)25-18-10-11-19-26(25)36/h2-3,6-9,14-17,21-22,25-26,32,36H,1,4-5,10-13,18-20H2/t25?,26-/m1/s1. The zero-order valence-corrected chi connectivity index (χ0v) is 20.9. The smallest absolute Gasteiger partial charge is 0.146 e. The molecule has 2 N–H and O–H groups in total. The zero-order chi connectivity index (χ0) is 24.5. The number of aliphatic hydroxyl groups is 1. The SMILES string of the molecule is N=c1c2c(-c3ccccc3)c(-c3ccccc3)n(CC3CCCCC3)c2ncn1C1CCCC[C@H]1O. The van der Waals surface area contributed by atoms with Crippen LogP contribution >= 0.6 is 0 Å². The Bertz CT molecular complexity index is 1380. The normalized spacial score (nSPS) is 21.1. The molecule has 2 aliphatic carbocycles.